The van der Waals surface area contributed by atoms with Crippen molar-refractivity contribution >= 4 is 41.0 Å². The van der Waals surface area contributed by atoms with E-state index in [0.29, 0.717) is 0 Å². The predicted molar refractivity (Wildman–Crippen MR) is 74.9 cm³/mol. The van der Waals surface area contributed by atoms with Gasteiger partial charge >= 0.3 is 0 Å². The van der Waals surface area contributed by atoms with E-state index in [-0.39, 0.29) is 8.07 Å². The minimum atomic E-state index is 0.209. The number of hydrogen-bond donors (Lipinski definition) is 0. The van der Waals surface area contributed by atoms with E-state index in [1.54, 1.807) is 0 Å². The molecule has 2 aromatic carbocycles. The third kappa shape index (κ3) is 1.70. The highest BCUT2D eigenvalue weighted by Gasteiger charge is 2.33. The van der Waals surface area contributed by atoms with Gasteiger partial charge in [0.05, 0.1) is 9.79 Å². The highest BCUT2D eigenvalue weighted by Crippen LogP contribution is 2.47. The molecule has 0 aromatic heterocycles. The molecule has 0 unspecified atom stereocenters. The second kappa shape index (κ2) is 4.03. The van der Waals surface area contributed by atoms with Crippen LogP contribution in [0.25, 0.3) is 0 Å². The number of hydrogen-bond acceptors (Lipinski definition) is 1. The molecule has 0 atom stereocenters. The van der Waals surface area contributed by atoms with E-state index in [4.69, 9.17) is 0 Å². The summed E-state index contributed by atoms with van der Waals surface area (Å²) in [4.78, 5) is 5.77. The smallest absolute Gasteiger partial charge is 0.0794 e. The molecule has 0 saturated carbocycles. The fourth-order valence-corrected chi connectivity index (χ4v) is 7.54. The number of rotatable bonds is 0. The fourth-order valence-electron chi connectivity index (χ4n) is 1.60. The molecule has 2 aromatic rings. The lowest BCUT2D eigenvalue weighted by molar-refractivity contribution is 1.15. The van der Waals surface area contributed by atoms with Crippen molar-refractivity contribution in [3.05, 3.63) is 48.5 Å². The Morgan fingerprint density at radius 1 is 0.800 bits per heavy atom. The summed E-state index contributed by atoms with van der Waals surface area (Å²) in [6.45, 7) is 0. The molecule has 0 N–H and O–H groups in total. The summed E-state index contributed by atoms with van der Waals surface area (Å²) >= 11 is 4.44. The molecule has 3 heteroatoms. The maximum absolute atomic E-state index is 2.55. The highest BCUT2D eigenvalue weighted by molar-refractivity contribution is 14.2. The molecule has 15 heavy (non-hydrogen) atoms. The molecule has 3 rings (SSSR count). The molecule has 0 amide bonds. The summed E-state index contributed by atoms with van der Waals surface area (Å²) in [6, 6.07) is 17.4. The van der Waals surface area contributed by atoms with Crippen LogP contribution < -0.4 is 0 Å². The van der Waals surface area contributed by atoms with E-state index < -0.39 is 0 Å². The van der Waals surface area contributed by atoms with Gasteiger partial charge in [-0.2, -0.15) is 0 Å². The third-order valence-corrected chi connectivity index (χ3v) is 8.05. The Morgan fingerprint density at radius 2 is 1.27 bits per heavy atom. The Hall–Kier alpha value is -0.130. The lowest BCUT2D eigenvalue weighted by Gasteiger charge is -2.14. The van der Waals surface area contributed by atoms with E-state index in [1.165, 1.54) is 19.6 Å². The first-order valence-corrected chi connectivity index (χ1v) is 9.21. The monoisotopic (exact) mass is 343 g/mol. The van der Waals surface area contributed by atoms with Gasteiger partial charge in [-0.05, 0) is 24.3 Å². The normalized spacial score (nSPS) is 14.5. The average molecular weight is 343 g/mol. The summed E-state index contributed by atoms with van der Waals surface area (Å²) < 4.78 is 0. The summed E-state index contributed by atoms with van der Waals surface area (Å²) in [5.74, 6) is 0. The Bertz CT molecular complexity index is 465. The molecule has 1 heterocycles. The van der Waals surface area contributed by atoms with Crippen molar-refractivity contribution in [3.63, 3.8) is 0 Å². The first kappa shape index (κ1) is 10.1. The van der Waals surface area contributed by atoms with E-state index in [9.17, 15) is 0 Å². The topological polar surface area (TPSA) is 0 Å². The maximum atomic E-state index is 2.55. The van der Waals surface area contributed by atoms with Gasteiger partial charge in [0.15, 0.2) is 9.79 Å². The minimum absolute atomic E-state index is 0.209. The lowest BCUT2D eigenvalue weighted by Crippen LogP contribution is -2.02. The number of halogens is 1. The van der Waals surface area contributed by atoms with Crippen molar-refractivity contribution in [2.75, 3.05) is 0 Å². The van der Waals surface area contributed by atoms with Gasteiger partial charge in [0, 0.05) is 0 Å². The van der Waals surface area contributed by atoms with Gasteiger partial charge in [0.1, 0.15) is 8.07 Å². The summed E-state index contributed by atoms with van der Waals surface area (Å²) in [7, 11) is 0.209. The molecular formula is C12H8IS2+. The Balaban J connectivity index is 2.20. The Labute approximate surface area is 108 Å². The molecule has 0 bridgehead atoms. The molecule has 0 radical (unpaired) electrons. The van der Waals surface area contributed by atoms with Gasteiger partial charge in [-0.3, -0.25) is 0 Å². The Morgan fingerprint density at radius 3 is 1.80 bits per heavy atom. The quantitative estimate of drug-likeness (QED) is 0.500. The zero-order valence-electron chi connectivity index (χ0n) is 7.81. The van der Waals surface area contributed by atoms with Crippen molar-refractivity contribution in [1.82, 2.24) is 0 Å². The van der Waals surface area contributed by atoms with Gasteiger partial charge in [-0.15, -0.1) is 0 Å². The van der Waals surface area contributed by atoms with Crippen LogP contribution in [0.15, 0.2) is 68.1 Å². The van der Waals surface area contributed by atoms with Crippen molar-refractivity contribution in [3.8, 4) is 0 Å². The van der Waals surface area contributed by atoms with Crippen LogP contribution in [0.5, 0.6) is 0 Å². The SMILES string of the molecule is I[S+]1c2ccccc2Sc2ccccc21. The lowest BCUT2D eigenvalue weighted by atomic mass is 10.3. The molecule has 0 fully saturated rings. The largest absolute Gasteiger partial charge is 0.264 e. The molecule has 0 nitrogen and oxygen atoms in total. The zero-order valence-corrected chi connectivity index (χ0v) is 11.6. The van der Waals surface area contributed by atoms with Crippen LogP contribution in [-0.4, -0.2) is 0 Å². The van der Waals surface area contributed by atoms with Crippen molar-refractivity contribution in [1.29, 1.82) is 0 Å². The van der Waals surface area contributed by atoms with Crippen molar-refractivity contribution in [2.45, 2.75) is 19.6 Å². The molecule has 1 aliphatic heterocycles. The first-order chi connectivity index (χ1) is 7.36. The average Bonchev–Trinajstić information content (AvgIpc) is 2.30. The number of fused-ring (bicyclic) bond motifs is 2. The van der Waals surface area contributed by atoms with Crippen molar-refractivity contribution in [2.24, 2.45) is 0 Å². The maximum Gasteiger partial charge on any atom is 0.264 e. The molecule has 0 aliphatic carbocycles. The van der Waals surface area contributed by atoms with Gasteiger partial charge < -0.3 is 0 Å². The molecule has 0 saturated heterocycles. The zero-order chi connectivity index (χ0) is 10.3. The van der Waals surface area contributed by atoms with Crippen LogP contribution >= 0.6 is 33.0 Å². The van der Waals surface area contributed by atoms with Crippen LogP contribution in [0.1, 0.15) is 0 Å². The number of benzene rings is 2. The minimum Gasteiger partial charge on any atom is -0.0794 e. The second-order valence-corrected chi connectivity index (χ2v) is 8.37. The van der Waals surface area contributed by atoms with E-state index in [0.717, 1.165) is 0 Å². The molecular weight excluding hydrogens is 335 g/mol. The first-order valence-electron chi connectivity index (χ1n) is 4.63. The Kier molecular flexibility index (Phi) is 2.70. The molecule has 1 aliphatic rings. The predicted octanol–water partition coefficient (Wildman–Crippen LogP) is 4.54. The van der Waals surface area contributed by atoms with Crippen molar-refractivity contribution < 1.29 is 0 Å². The summed E-state index contributed by atoms with van der Waals surface area (Å²) in [5.41, 5.74) is 0. The van der Waals surface area contributed by atoms with Gasteiger partial charge in [-0.25, -0.2) is 0 Å². The van der Waals surface area contributed by atoms with Crippen LogP contribution in [0, 0.1) is 0 Å². The highest BCUT2D eigenvalue weighted by atomic mass is 127. The third-order valence-electron chi connectivity index (χ3n) is 2.30. The van der Waals surface area contributed by atoms with Crippen LogP contribution in [0.2, 0.25) is 0 Å². The fraction of sp³-hybridized carbons (Fsp3) is 0. The van der Waals surface area contributed by atoms with Crippen LogP contribution in [0.3, 0.4) is 0 Å². The standard InChI is InChI=1S/C12H8IS2/c13-15-11-7-3-1-5-9(11)14-10-6-2-4-8-12(10)15/h1-8H/q+1. The summed E-state index contributed by atoms with van der Waals surface area (Å²) in [5, 5.41) is 0. The molecule has 74 valence electrons. The second-order valence-electron chi connectivity index (χ2n) is 3.25. The van der Waals surface area contributed by atoms with E-state index >= 15 is 0 Å². The summed E-state index contributed by atoms with van der Waals surface area (Å²) in [6.07, 6.45) is 0. The van der Waals surface area contributed by atoms with Gasteiger partial charge in [0.25, 0.3) is 21.2 Å². The van der Waals surface area contributed by atoms with Crippen LogP contribution in [0.4, 0.5) is 0 Å². The van der Waals surface area contributed by atoms with E-state index in [1.807, 2.05) is 11.8 Å². The molecule has 0 spiro atoms. The van der Waals surface area contributed by atoms with Crippen LogP contribution in [-0.2, 0) is 8.07 Å². The van der Waals surface area contributed by atoms with E-state index in [2.05, 4.69) is 69.7 Å². The van der Waals surface area contributed by atoms with Gasteiger partial charge in [-0.1, -0.05) is 36.0 Å². The van der Waals surface area contributed by atoms with Gasteiger partial charge in [0.2, 0.25) is 0 Å².